The van der Waals surface area contributed by atoms with Crippen molar-refractivity contribution in [2.45, 2.75) is 32.9 Å². The molecular formula is C17H18ClN5O3. The van der Waals surface area contributed by atoms with E-state index in [1.54, 1.807) is 26.0 Å². The zero-order chi connectivity index (χ0) is 18.7. The maximum Gasteiger partial charge on any atom is 0.329 e. The first kappa shape index (κ1) is 18.1. The second-order valence-electron chi connectivity index (χ2n) is 5.68. The number of nitrogens with zero attached hydrogens (tertiary/aromatic N) is 5. The molecule has 9 heteroatoms. The topological polar surface area (TPSA) is 91.9 Å². The van der Waals surface area contributed by atoms with E-state index in [9.17, 15) is 9.59 Å². The molecule has 2 heterocycles. The van der Waals surface area contributed by atoms with E-state index in [1.807, 2.05) is 12.1 Å². The van der Waals surface area contributed by atoms with Gasteiger partial charge in [0.25, 0.3) is 5.56 Å². The van der Waals surface area contributed by atoms with Crippen LogP contribution in [0.1, 0.15) is 31.9 Å². The Morgan fingerprint density at radius 1 is 1.27 bits per heavy atom. The number of ether oxygens (including phenoxy) is 1. The van der Waals surface area contributed by atoms with Gasteiger partial charge in [-0.05, 0) is 31.0 Å². The highest BCUT2D eigenvalue weighted by molar-refractivity contribution is 6.30. The number of carbonyl (C=O) groups is 1. The Hall–Kier alpha value is -2.74. The Morgan fingerprint density at radius 3 is 2.65 bits per heavy atom. The highest BCUT2D eigenvalue weighted by Crippen LogP contribution is 2.14. The molecule has 1 atom stereocenters. The van der Waals surface area contributed by atoms with Crippen LogP contribution in [0.15, 0.2) is 35.4 Å². The first-order valence-corrected chi connectivity index (χ1v) is 8.64. The molecule has 0 aliphatic rings. The molecular weight excluding hydrogens is 358 g/mol. The summed E-state index contributed by atoms with van der Waals surface area (Å²) in [7, 11) is 0. The number of aromatic nitrogens is 5. The standard InChI is InChI=1S/C17H18ClN5O3/c1-3-13(17(25)26-4-2)22-10-19-15-14(16(22)24)20-21-23(15)9-11-5-7-12(18)8-6-11/h5-8,10,13H,3-4,9H2,1-2H3/t13-/m1/s1. The third kappa shape index (κ3) is 3.45. The van der Waals surface area contributed by atoms with Gasteiger partial charge in [-0.15, -0.1) is 5.10 Å². The number of esters is 1. The van der Waals surface area contributed by atoms with Crippen molar-refractivity contribution < 1.29 is 9.53 Å². The highest BCUT2D eigenvalue weighted by atomic mass is 35.5. The minimum absolute atomic E-state index is 0.115. The van der Waals surface area contributed by atoms with E-state index >= 15 is 0 Å². The van der Waals surface area contributed by atoms with E-state index in [0.717, 1.165) is 5.56 Å². The van der Waals surface area contributed by atoms with Crippen LogP contribution >= 0.6 is 11.6 Å². The lowest BCUT2D eigenvalue weighted by Crippen LogP contribution is -2.31. The number of carbonyl (C=O) groups excluding carboxylic acids is 1. The van der Waals surface area contributed by atoms with Gasteiger partial charge in [0.1, 0.15) is 12.4 Å². The molecule has 2 aromatic heterocycles. The van der Waals surface area contributed by atoms with Crippen LogP contribution in [0.2, 0.25) is 5.02 Å². The maximum atomic E-state index is 12.7. The van der Waals surface area contributed by atoms with Crippen molar-refractivity contribution in [1.82, 2.24) is 24.5 Å². The summed E-state index contributed by atoms with van der Waals surface area (Å²) >= 11 is 5.89. The van der Waals surface area contributed by atoms with E-state index in [1.165, 1.54) is 15.6 Å². The summed E-state index contributed by atoms with van der Waals surface area (Å²) in [6, 6.07) is 6.56. The van der Waals surface area contributed by atoms with Crippen molar-refractivity contribution in [3.63, 3.8) is 0 Å². The van der Waals surface area contributed by atoms with Gasteiger partial charge < -0.3 is 4.74 Å². The van der Waals surface area contributed by atoms with Gasteiger partial charge in [-0.1, -0.05) is 35.9 Å². The summed E-state index contributed by atoms with van der Waals surface area (Å²) in [5, 5.41) is 8.62. The molecule has 3 rings (SSSR count). The smallest absolute Gasteiger partial charge is 0.329 e. The molecule has 8 nitrogen and oxygen atoms in total. The molecule has 26 heavy (non-hydrogen) atoms. The Kier molecular flexibility index (Phi) is 5.32. The molecule has 0 aliphatic carbocycles. The second-order valence-corrected chi connectivity index (χ2v) is 6.12. The van der Waals surface area contributed by atoms with Crippen molar-refractivity contribution >= 4 is 28.7 Å². The van der Waals surface area contributed by atoms with Crippen LogP contribution in [0.3, 0.4) is 0 Å². The van der Waals surface area contributed by atoms with Gasteiger partial charge >= 0.3 is 5.97 Å². The third-order valence-electron chi connectivity index (χ3n) is 3.98. The van der Waals surface area contributed by atoms with Crippen molar-refractivity contribution in [3.8, 4) is 0 Å². The van der Waals surface area contributed by atoms with E-state index in [2.05, 4.69) is 15.3 Å². The van der Waals surface area contributed by atoms with Crippen LogP contribution in [-0.4, -0.2) is 37.1 Å². The molecule has 0 unspecified atom stereocenters. The van der Waals surface area contributed by atoms with Crippen molar-refractivity contribution in [1.29, 1.82) is 0 Å². The minimum atomic E-state index is -0.735. The Labute approximate surface area is 154 Å². The largest absolute Gasteiger partial charge is 0.464 e. The monoisotopic (exact) mass is 375 g/mol. The first-order chi connectivity index (χ1) is 12.5. The van der Waals surface area contributed by atoms with Gasteiger partial charge in [-0.2, -0.15) is 0 Å². The highest BCUT2D eigenvalue weighted by Gasteiger charge is 2.23. The number of rotatable bonds is 6. The molecule has 0 radical (unpaired) electrons. The Balaban J connectivity index is 1.97. The van der Waals surface area contributed by atoms with Gasteiger partial charge in [0.05, 0.1) is 13.2 Å². The van der Waals surface area contributed by atoms with Gasteiger partial charge in [0.2, 0.25) is 0 Å². The fraction of sp³-hybridized carbons (Fsp3) is 0.353. The molecule has 0 saturated carbocycles. The minimum Gasteiger partial charge on any atom is -0.464 e. The van der Waals surface area contributed by atoms with E-state index in [4.69, 9.17) is 16.3 Å². The SMILES string of the molecule is CCOC(=O)[C@@H](CC)n1cnc2c(nnn2Cc2ccc(Cl)cc2)c1=O. The van der Waals surface area contributed by atoms with Crippen LogP contribution < -0.4 is 5.56 Å². The zero-order valence-electron chi connectivity index (χ0n) is 14.4. The normalized spacial score (nSPS) is 12.3. The lowest BCUT2D eigenvalue weighted by Gasteiger charge is -2.15. The fourth-order valence-electron chi connectivity index (χ4n) is 2.67. The molecule has 0 N–H and O–H groups in total. The van der Waals surface area contributed by atoms with E-state index in [0.29, 0.717) is 23.6 Å². The maximum absolute atomic E-state index is 12.7. The van der Waals surface area contributed by atoms with Crippen molar-refractivity contribution in [2.24, 2.45) is 0 Å². The number of hydrogen-bond acceptors (Lipinski definition) is 6. The Bertz CT molecular complexity index is 980. The summed E-state index contributed by atoms with van der Waals surface area (Å²) in [4.78, 5) is 29.1. The lowest BCUT2D eigenvalue weighted by atomic mass is 10.2. The third-order valence-corrected chi connectivity index (χ3v) is 4.23. The molecule has 0 fully saturated rings. The Morgan fingerprint density at radius 2 is 2.00 bits per heavy atom. The van der Waals surface area contributed by atoms with Crippen LogP contribution in [0, 0.1) is 0 Å². The average molecular weight is 376 g/mol. The summed E-state index contributed by atoms with van der Waals surface area (Å²) < 4.78 is 7.82. The zero-order valence-corrected chi connectivity index (χ0v) is 15.2. The predicted molar refractivity (Wildman–Crippen MR) is 96.1 cm³/mol. The molecule has 0 saturated heterocycles. The first-order valence-electron chi connectivity index (χ1n) is 8.26. The van der Waals surface area contributed by atoms with Gasteiger partial charge in [-0.3, -0.25) is 9.36 Å². The molecule has 0 spiro atoms. The van der Waals surface area contributed by atoms with Crippen molar-refractivity contribution in [2.75, 3.05) is 6.61 Å². The molecule has 0 amide bonds. The summed E-state index contributed by atoms with van der Waals surface area (Å²) in [5.41, 5.74) is 1.01. The second kappa shape index (κ2) is 7.65. The lowest BCUT2D eigenvalue weighted by molar-refractivity contribution is -0.147. The van der Waals surface area contributed by atoms with Gasteiger partial charge in [-0.25, -0.2) is 14.5 Å². The van der Waals surface area contributed by atoms with Crippen LogP contribution in [0.5, 0.6) is 0 Å². The van der Waals surface area contributed by atoms with Crippen LogP contribution in [-0.2, 0) is 16.1 Å². The van der Waals surface area contributed by atoms with Crippen molar-refractivity contribution in [3.05, 3.63) is 51.5 Å². The van der Waals surface area contributed by atoms with Gasteiger partial charge in [0, 0.05) is 5.02 Å². The van der Waals surface area contributed by atoms with Gasteiger partial charge in [0.15, 0.2) is 11.2 Å². The average Bonchev–Trinajstić information content (AvgIpc) is 3.03. The molecule has 0 bridgehead atoms. The van der Waals surface area contributed by atoms with E-state index < -0.39 is 17.6 Å². The van der Waals surface area contributed by atoms with Crippen LogP contribution in [0.4, 0.5) is 0 Å². The number of hydrogen-bond donors (Lipinski definition) is 0. The molecule has 3 aromatic rings. The molecule has 136 valence electrons. The molecule has 1 aromatic carbocycles. The van der Waals surface area contributed by atoms with E-state index in [-0.39, 0.29) is 12.1 Å². The summed E-state index contributed by atoms with van der Waals surface area (Å²) in [6.07, 6.45) is 1.75. The van der Waals surface area contributed by atoms with Crippen LogP contribution in [0.25, 0.3) is 11.2 Å². The predicted octanol–water partition coefficient (Wildman–Crippen LogP) is 2.20. The number of benzene rings is 1. The summed E-state index contributed by atoms with van der Waals surface area (Å²) in [6.45, 7) is 4.17. The quantitative estimate of drug-likeness (QED) is 0.613. The number of fused-ring (bicyclic) bond motifs is 1. The molecule has 0 aliphatic heterocycles. The summed E-state index contributed by atoms with van der Waals surface area (Å²) in [5.74, 6) is -0.466. The fourth-order valence-corrected chi connectivity index (χ4v) is 2.80. The number of halogens is 1.